The van der Waals surface area contributed by atoms with Gasteiger partial charge in [0.15, 0.2) is 0 Å². The number of allylic oxidation sites excluding steroid dienone is 2. The molecule has 35 heavy (non-hydrogen) atoms. The minimum atomic E-state index is -0.114. The largest absolute Gasteiger partial charge is 0.462 e. The van der Waals surface area contributed by atoms with Crippen molar-refractivity contribution < 1.29 is 9.53 Å². The Hall–Kier alpha value is -0.790. The van der Waals surface area contributed by atoms with E-state index in [-0.39, 0.29) is 22.9 Å². The molecule has 0 heterocycles. The number of hydrogen-bond acceptors (Lipinski definition) is 2. The van der Waals surface area contributed by atoms with Gasteiger partial charge >= 0.3 is 5.97 Å². The number of hydrogen-bond donors (Lipinski definition) is 0. The molecule has 2 fully saturated rings. The van der Waals surface area contributed by atoms with E-state index in [1.807, 2.05) is 11.1 Å². The second-order valence-electron chi connectivity index (χ2n) is 15.1. The Bertz CT molecular complexity index is 851. The first kappa shape index (κ1) is 27.3. The van der Waals surface area contributed by atoms with E-state index >= 15 is 0 Å². The van der Waals surface area contributed by atoms with Crippen molar-refractivity contribution in [1.82, 2.24) is 0 Å². The van der Waals surface area contributed by atoms with Gasteiger partial charge in [-0.25, -0.2) is 0 Å². The van der Waals surface area contributed by atoms with Gasteiger partial charge in [-0.05, 0) is 97.2 Å². The second kappa shape index (κ2) is 9.20. The fourth-order valence-electron chi connectivity index (χ4n) is 10.1. The monoisotopic (exact) mass is 484 g/mol. The van der Waals surface area contributed by atoms with Crippen LogP contribution in [0.5, 0.6) is 0 Å². The zero-order chi connectivity index (χ0) is 26.0. The van der Waals surface area contributed by atoms with Crippen LogP contribution >= 0.6 is 0 Å². The van der Waals surface area contributed by atoms with Crippen LogP contribution in [0.3, 0.4) is 0 Å². The van der Waals surface area contributed by atoms with Crippen molar-refractivity contribution in [1.29, 1.82) is 0 Å². The summed E-state index contributed by atoms with van der Waals surface area (Å²) in [7, 11) is 0. The van der Waals surface area contributed by atoms with Crippen LogP contribution < -0.4 is 0 Å². The molecular weight excluding hydrogens is 428 g/mol. The van der Waals surface area contributed by atoms with Crippen molar-refractivity contribution in [2.75, 3.05) is 0 Å². The molecule has 2 heteroatoms. The highest BCUT2D eigenvalue weighted by atomic mass is 16.5. The van der Waals surface area contributed by atoms with Gasteiger partial charge in [-0.15, -0.1) is 0 Å². The van der Waals surface area contributed by atoms with Gasteiger partial charge < -0.3 is 4.74 Å². The summed E-state index contributed by atoms with van der Waals surface area (Å²) >= 11 is 0. The summed E-state index contributed by atoms with van der Waals surface area (Å²) in [6, 6.07) is 0. The Morgan fingerprint density at radius 2 is 1.57 bits per heavy atom. The summed E-state index contributed by atoms with van der Waals surface area (Å²) in [5.74, 6) is 3.81. The number of carbonyl (C=O) groups is 1. The molecule has 0 aromatic heterocycles. The van der Waals surface area contributed by atoms with Gasteiger partial charge in [0.1, 0.15) is 6.10 Å². The Morgan fingerprint density at radius 3 is 2.20 bits per heavy atom. The van der Waals surface area contributed by atoms with Gasteiger partial charge in [0, 0.05) is 12.3 Å². The van der Waals surface area contributed by atoms with Gasteiger partial charge in [0.05, 0.1) is 0 Å². The molecule has 0 saturated heterocycles. The lowest BCUT2D eigenvalue weighted by molar-refractivity contribution is -0.167. The average molecular weight is 485 g/mol. The lowest BCUT2D eigenvalue weighted by Crippen LogP contribution is -2.55. The normalized spacial score (nSPS) is 42.2. The zero-order valence-corrected chi connectivity index (χ0v) is 24.9. The van der Waals surface area contributed by atoms with Crippen LogP contribution in [0.4, 0.5) is 0 Å². The highest BCUT2D eigenvalue weighted by molar-refractivity contribution is 5.66. The fraction of sp³-hybridized carbons (Fsp3) is 0.909. The molecule has 8 atom stereocenters. The third-order valence-corrected chi connectivity index (χ3v) is 13.0. The first-order valence-electron chi connectivity index (χ1n) is 15.1. The first-order valence-corrected chi connectivity index (χ1v) is 15.1. The number of carbonyl (C=O) groups excluding carboxylic acids is 1. The van der Waals surface area contributed by atoms with Gasteiger partial charge in [-0.1, -0.05) is 86.3 Å². The van der Waals surface area contributed by atoms with Crippen LogP contribution in [-0.4, -0.2) is 12.1 Å². The van der Waals surface area contributed by atoms with Gasteiger partial charge in [-0.3, -0.25) is 4.79 Å². The van der Waals surface area contributed by atoms with Crippen molar-refractivity contribution in [3.63, 3.8) is 0 Å². The van der Waals surface area contributed by atoms with Crippen LogP contribution in [0.15, 0.2) is 11.1 Å². The maximum Gasteiger partial charge on any atom is 0.302 e. The van der Waals surface area contributed by atoms with Gasteiger partial charge in [0.2, 0.25) is 0 Å². The van der Waals surface area contributed by atoms with Crippen LogP contribution in [-0.2, 0) is 9.53 Å². The minimum Gasteiger partial charge on any atom is -0.462 e. The van der Waals surface area contributed by atoms with Crippen molar-refractivity contribution in [2.45, 2.75) is 140 Å². The van der Waals surface area contributed by atoms with E-state index in [1.165, 1.54) is 57.8 Å². The first-order chi connectivity index (χ1) is 16.2. The molecule has 0 aromatic carbocycles. The molecule has 4 aliphatic rings. The van der Waals surface area contributed by atoms with E-state index in [1.54, 1.807) is 6.92 Å². The smallest absolute Gasteiger partial charge is 0.302 e. The van der Waals surface area contributed by atoms with Crippen LogP contribution in [0.2, 0.25) is 0 Å². The van der Waals surface area contributed by atoms with Crippen molar-refractivity contribution >= 4 is 5.97 Å². The Balaban J connectivity index is 1.60. The fourth-order valence-corrected chi connectivity index (χ4v) is 10.1. The standard InChI is InChI=1S/C33H56O2/c1-21(2)22(3)11-12-23(4)25-15-19-33(10)27-13-14-28-30(6,7)29(35-24(5)34)17-18-31(28,8)26(27)16-20-32(25,33)9/h21-23,25,28-29H,11-20H2,1-10H3/t22-,23-,25+,28-,29-,31-,32-,33-/m1/s1. The van der Waals surface area contributed by atoms with Crippen molar-refractivity contribution in [3.05, 3.63) is 11.1 Å². The molecule has 200 valence electrons. The Kier molecular flexibility index (Phi) is 7.16. The number of rotatable bonds is 6. The van der Waals surface area contributed by atoms with Crippen LogP contribution in [0, 0.1) is 51.2 Å². The quantitative estimate of drug-likeness (QED) is 0.277. The molecule has 0 aromatic rings. The molecular formula is C33H56O2. The molecule has 0 aliphatic heterocycles. The Labute approximate surface area is 217 Å². The molecule has 0 spiro atoms. The summed E-state index contributed by atoms with van der Waals surface area (Å²) < 4.78 is 5.88. The number of fused-ring (bicyclic) bond motifs is 4. The zero-order valence-electron chi connectivity index (χ0n) is 24.9. The molecule has 4 aliphatic carbocycles. The second-order valence-corrected chi connectivity index (χ2v) is 15.1. The summed E-state index contributed by atoms with van der Waals surface area (Å²) in [4.78, 5) is 11.8. The van der Waals surface area contributed by atoms with Crippen LogP contribution in [0.25, 0.3) is 0 Å². The van der Waals surface area contributed by atoms with Crippen molar-refractivity contribution in [2.24, 2.45) is 51.2 Å². The third-order valence-electron chi connectivity index (χ3n) is 13.0. The lowest BCUT2D eigenvalue weighted by Gasteiger charge is -2.62. The molecule has 0 bridgehead atoms. The predicted octanol–water partition coefficient (Wildman–Crippen LogP) is 9.38. The third kappa shape index (κ3) is 4.16. The minimum absolute atomic E-state index is 0.0404. The van der Waals surface area contributed by atoms with E-state index in [2.05, 4.69) is 62.3 Å². The summed E-state index contributed by atoms with van der Waals surface area (Å²) in [5, 5.41) is 0. The summed E-state index contributed by atoms with van der Waals surface area (Å²) in [6.45, 7) is 24.1. The van der Waals surface area contributed by atoms with E-state index in [0.717, 1.165) is 30.1 Å². The summed E-state index contributed by atoms with van der Waals surface area (Å²) in [6.07, 6.45) is 13.0. The number of ether oxygens (including phenoxy) is 1. The maximum absolute atomic E-state index is 11.8. The maximum atomic E-state index is 11.8. The highest BCUT2D eigenvalue weighted by Crippen LogP contribution is 2.72. The highest BCUT2D eigenvalue weighted by Gasteiger charge is 2.63. The molecule has 0 unspecified atom stereocenters. The topological polar surface area (TPSA) is 26.3 Å². The lowest BCUT2D eigenvalue weighted by atomic mass is 9.43. The Morgan fingerprint density at radius 1 is 0.886 bits per heavy atom. The van der Waals surface area contributed by atoms with E-state index in [9.17, 15) is 4.79 Å². The van der Waals surface area contributed by atoms with E-state index < -0.39 is 0 Å². The van der Waals surface area contributed by atoms with Gasteiger partial charge in [-0.2, -0.15) is 0 Å². The SMILES string of the molecule is CC(=O)O[C@@H]1CC[C@]2(C)C3=C(CC[C@@H]2C1(C)C)[C@@]1(C)CC[C@@H]([C@H](C)CC[C@@H](C)C(C)C)[C@@]1(C)CC3. The summed E-state index contributed by atoms with van der Waals surface area (Å²) in [5.41, 5.74) is 4.84. The molecule has 0 amide bonds. The predicted molar refractivity (Wildman–Crippen MR) is 147 cm³/mol. The van der Waals surface area contributed by atoms with Crippen molar-refractivity contribution in [3.8, 4) is 0 Å². The number of esters is 1. The molecule has 2 nitrogen and oxygen atoms in total. The van der Waals surface area contributed by atoms with E-state index in [0.29, 0.717) is 16.7 Å². The molecule has 0 N–H and O–H groups in total. The molecule has 2 saturated carbocycles. The van der Waals surface area contributed by atoms with E-state index in [4.69, 9.17) is 4.74 Å². The van der Waals surface area contributed by atoms with Gasteiger partial charge in [0.25, 0.3) is 0 Å². The molecule has 0 radical (unpaired) electrons. The molecule has 4 rings (SSSR count). The average Bonchev–Trinajstić information content (AvgIpc) is 3.05. The van der Waals surface area contributed by atoms with Crippen LogP contribution in [0.1, 0.15) is 133 Å².